The highest BCUT2D eigenvalue weighted by Gasteiger charge is 2.44. The van der Waals surface area contributed by atoms with Crippen molar-refractivity contribution >= 4 is 11.9 Å². The van der Waals surface area contributed by atoms with Crippen molar-refractivity contribution in [3.63, 3.8) is 0 Å². The van der Waals surface area contributed by atoms with Crippen molar-refractivity contribution in [3.8, 4) is 0 Å². The van der Waals surface area contributed by atoms with Crippen molar-refractivity contribution in [1.82, 2.24) is 5.32 Å². The Morgan fingerprint density at radius 1 is 1.05 bits per heavy atom. The van der Waals surface area contributed by atoms with E-state index >= 15 is 0 Å². The van der Waals surface area contributed by atoms with Crippen LogP contribution in [0.1, 0.15) is 72.6 Å². The van der Waals surface area contributed by atoms with E-state index in [4.69, 9.17) is 0 Å². The first-order chi connectivity index (χ1) is 9.17. The van der Waals surface area contributed by atoms with Gasteiger partial charge in [0.1, 0.15) is 0 Å². The molecule has 0 radical (unpaired) electrons. The van der Waals surface area contributed by atoms with Gasteiger partial charge in [0.15, 0.2) is 0 Å². The second-order valence-corrected chi connectivity index (χ2v) is 7.17. The summed E-state index contributed by atoms with van der Waals surface area (Å²) in [6.45, 7) is 6.88. The van der Waals surface area contributed by atoms with Gasteiger partial charge in [-0.2, -0.15) is 0 Å². The van der Waals surface area contributed by atoms with Crippen LogP contribution in [-0.2, 0) is 9.59 Å². The van der Waals surface area contributed by atoms with Gasteiger partial charge in [-0.05, 0) is 46.5 Å². The average molecular weight is 283 g/mol. The Kier molecular flexibility index (Phi) is 5.60. The molecular weight excluding hydrogens is 254 g/mol. The van der Waals surface area contributed by atoms with Crippen molar-refractivity contribution in [3.05, 3.63) is 0 Å². The van der Waals surface area contributed by atoms with E-state index in [-0.39, 0.29) is 5.91 Å². The molecule has 1 rings (SSSR count). The molecule has 1 amide bonds. The van der Waals surface area contributed by atoms with Crippen LogP contribution >= 0.6 is 0 Å². The fraction of sp³-hybridized carbons (Fsp3) is 0.875. The molecule has 1 saturated carbocycles. The number of nitrogens with one attached hydrogen (secondary N) is 1. The zero-order valence-corrected chi connectivity index (χ0v) is 13.3. The van der Waals surface area contributed by atoms with Crippen LogP contribution < -0.4 is 5.32 Å². The van der Waals surface area contributed by atoms with Crippen molar-refractivity contribution in [2.24, 2.45) is 11.3 Å². The summed E-state index contributed by atoms with van der Waals surface area (Å²) in [5.41, 5.74) is -1.76. The third-order valence-corrected chi connectivity index (χ3v) is 5.00. The summed E-state index contributed by atoms with van der Waals surface area (Å²) in [5.74, 6) is -0.449. The largest absolute Gasteiger partial charge is 0.481 e. The van der Waals surface area contributed by atoms with Crippen LogP contribution in [0.4, 0.5) is 0 Å². The number of amides is 1. The minimum absolute atomic E-state index is 0.0174. The molecule has 1 fully saturated rings. The highest BCUT2D eigenvalue weighted by molar-refractivity contribution is 5.80. The van der Waals surface area contributed by atoms with Crippen LogP contribution in [0.15, 0.2) is 0 Å². The third kappa shape index (κ3) is 4.22. The van der Waals surface area contributed by atoms with Gasteiger partial charge in [-0.3, -0.25) is 9.59 Å². The molecule has 116 valence electrons. The van der Waals surface area contributed by atoms with Crippen LogP contribution in [0.2, 0.25) is 0 Å². The predicted octanol–water partition coefficient (Wildman–Crippen LogP) is 3.35. The van der Waals surface area contributed by atoms with Crippen LogP contribution in [0.3, 0.4) is 0 Å². The van der Waals surface area contributed by atoms with E-state index in [0.29, 0.717) is 12.3 Å². The maximum atomic E-state index is 12.2. The van der Waals surface area contributed by atoms with Gasteiger partial charge >= 0.3 is 5.97 Å². The smallest absolute Gasteiger partial charge is 0.311 e. The van der Waals surface area contributed by atoms with Crippen molar-refractivity contribution in [1.29, 1.82) is 0 Å². The molecule has 0 aromatic carbocycles. The average Bonchev–Trinajstić information content (AvgIpc) is 2.56. The zero-order valence-electron chi connectivity index (χ0n) is 13.3. The summed E-state index contributed by atoms with van der Waals surface area (Å²) < 4.78 is 0. The molecule has 2 N–H and O–H groups in total. The minimum Gasteiger partial charge on any atom is -0.481 e. The van der Waals surface area contributed by atoms with E-state index < -0.39 is 16.9 Å². The van der Waals surface area contributed by atoms with Gasteiger partial charge in [0.2, 0.25) is 5.91 Å². The molecule has 1 aliphatic carbocycles. The summed E-state index contributed by atoms with van der Waals surface area (Å²) >= 11 is 0. The lowest BCUT2D eigenvalue weighted by Gasteiger charge is -2.39. The quantitative estimate of drug-likeness (QED) is 0.760. The molecule has 0 atom stereocenters. The van der Waals surface area contributed by atoms with Crippen LogP contribution in [0.5, 0.6) is 0 Å². The summed E-state index contributed by atoms with van der Waals surface area (Å²) in [7, 11) is 0. The Balaban J connectivity index is 2.58. The Morgan fingerprint density at radius 2 is 1.55 bits per heavy atom. The van der Waals surface area contributed by atoms with E-state index in [2.05, 4.69) is 5.32 Å². The van der Waals surface area contributed by atoms with Crippen LogP contribution in [0.25, 0.3) is 0 Å². The van der Waals surface area contributed by atoms with Crippen molar-refractivity contribution in [2.45, 2.75) is 78.2 Å². The Labute approximate surface area is 122 Å². The standard InChI is InChI=1S/C16H29NO3/c1-15(2,14(19)20)16(3,4)17-13(18)11-12-9-7-5-6-8-10-12/h12H,5-11H2,1-4H3,(H,17,18)(H,19,20). The van der Waals surface area contributed by atoms with Crippen LogP contribution in [-0.4, -0.2) is 22.5 Å². The zero-order chi connectivity index (χ0) is 15.4. The molecule has 0 heterocycles. The summed E-state index contributed by atoms with van der Waals surface area (Å²) in [4.78, 5) is 23.5. The number of hydrogen-bond acceptors (Lipinski definition) is 2. The monoisotopic (exact) mass is 283 g/mol. The molecule has 1 aliphatic rings. The number of carboxylic acid groups (broad SMARTS) is 1. The number of carbonyl (C=O) groups is 2. The first-order valence-electron chi connectivity index (χ1n) is 7.71. The maximum Gasteiger partial charge on any atom is 0.311 e. The van der Waals surface area contributed by atoms with E-state index in [1.54, 1.807) is 27.7 Å². The lowest BCUT2D eigenvalue weighted by Crippen LogP contribution is -2.57. The highest BCUT2D eigenvalue weighted by Crippen LogP contribution is 2.31. The Bertz CT molecular complexity index is 353. The Hall–Kier alpha value is -1.06. The Morgan fingerprint density at radius 3 is 2.00 bits per heavy atom. The van der Waals surface area contributed by atoms with Gasteiger partial charge in [0.05, 0.1) is 5.41 Å². The van der Waals surface area contributed by atoms with Crippen molar-refractivity contribution in [2.75, 3.05) is 0 Å². The van der Waals surface area contributed by atoms with Gasteiger partial charge in [-0.25, -0.2) is 0 Å². The summed E-state index contributed by atoms with van der Waals surface area (Å²) in [6, 6.07) is 0. The number of hydrogen-bond donors (Lipinski definition) is 2. The first-order valence-corrected chi connectivity index (χ1v) is 7.71. The fourth-order valence-electron chi connectivity index (χ4n) is 2.65. The van der Waals surface area contributed by atoms with E-state index in [1.807, 2.05) is 0 Å². The van der Waals surface area contributed by atoms with Gasteiger partial charge in [-0.15, -0.1) is 0 Å². The molecule has 0 aromatic heterocycles. The van der Waals surface area contributed by atoms with Gasteiger partial charge in [0.25, 0.3) is 0 Å². The SMILES string of the molecule is CC(C)(NC(=O)CC1CCCCCC1)C(C)(C)C(=O)O. The highest BCUT2D eigenvalue weighted by atomic mass is 16.4. The molecule has 4 nitrogen and oxygen atoms in total. The molecular formula is C16H29NO3. The lowest BCUT2D eigenvalue weighted by molar-refractivity contribution is -0.151. The molecule has 0 aromatic rings. The number of carboxylic acids is 1. The number of aliphatic carboxylic acids is 1. The second-order valence-electron chi connectivity index (χ2n) is 7.17. The van der Waals surface area contributed by atoms with E-state index in [9.17, 15) is 14.7 Å². The summed E-state index contributed by atoms with van der Waals surface area (Å²) in [5, 5.41) is 12.2. The number of rotatable bonds is 5. The molecule has 0 unspecified atom stereocenters. The fourth-order valence-corrected chi connectivity index (χ4v) is 2.65. The topological polar surface area (TPSA) is 66.4 Å². The molecule has 0 spiro atoms. The van der Waals surface area contributed by atoms with Crippen LogP contribution in [0, 0.1) is 11.3 Å². The van der Waals surface area contributed by atoms with Gasteiger partial charge < -0.3 is 10.4 Å². The lowest BCUT2D eigenvalue weighted by atomic mass is 9.74. The normalized spacial score (nSPS) is 18.4. The molecule has 20 heavy (non-hydrogen) atoms. The first kappa shape index (κ1) is 17.0. The van der Waals surface area contributed by atoms with Crippen molar-refractivity contribution < 1.29 is 14.7 Å². The number of carbonyl (C=O) groups excluding carboxylic acids is 1. The van der Waals surface area contributed by atoms with E-state index in [1.165, 1.54) is 25.7 Å². The minimum atomic E-state index is -0.994. The predicted molar refractivity (Wildman–Crippen MR) is 79.4 cm³/mol. The van der Waals surface area contributed by atoms with Gasteiger partial charge in [0, 0.05) is 12.0 Å². The summed E-state index contributed by atoms with van der Waals surface area (Å²) in [6.07, 6.45) is 7.74. The third-order valence-electron chi connectivity index (χ3n) is 5.00. The van der Waals surface area contributed by atoms with Gasteiger partial charge in [-0.1, -0.05) is 25.7 Å². The molecule has 0 aliphatic heterocycles. The maximum absolute atomic E-state index is 12.2. The molecule has 4 heteroatoms. The van der Waals surface area contributed by atoms with E-state index in [0.717, 1.165) is 12.8 Å². The second kappa shape index (κ2) is 6.59. The molecule has 0 saturated heterocycles. The molecule has 0 bridgehead atoms.